The third kappa shape index (κ3) is 4.47. The Morgan fingerprint density at radius 2 is 1.05 bits per heavy atom. The van der Waals surface area contributed by atoms with Gasteiger partial charge in [0.2, 0.25) is 0 Å². The van der Waals surface area contributed by atoms with Gasteiger partial charge >= 0.3 is 0 Å². The Bertz CT molecular complexity index is 2220. The van der Waals surface area contributed by atoms with Gasteiger partial charge in [0.1, 0.15) is 0 Å². The molecule has 0 atom stereocenters. The zero-order chi connectivity index (χ0) is 28.6. The molecular formula is C42H29N. The number of nitrogens with zero attached hydrogens (tertiary/aromatic N) is 1. The second-order valence-corrected chi connectivity index (χ2v) is 11.1. The molecule has 0 saturated heterocycles. The van der Waals surface area contributed by atoms with E-state index in [4.69, 9.17) is 4.98 Å². The average Bonchev–Trinajstić information content (AvgIpc) is 3.34. The van der Waals surface area contributed by atoms with Crippen molar-refractivity contribution >= 4 is 43.5 Å². The highest BCUT2D eigenvalue weighted by Crippen LogP contribution is 2.45. The molecule has 1 aliphatic carbocycles. The van der Waals surface area contributed by atoms with Crippen molar-refractivity contribution in [1.82, 2.24) is 4.98 Å². The van der Waals surface area contributed by atoms with Crippen LogP contribution in [0, 0.1) is 0 Å². The number of fused-ring (bicyclic) bond motifs is 4. The number of rotatable bonds is 4. The highest BCUT2D eigenvalue weighted by Gasteiger charge is 2.19. The van der Waals surface area contributed by atoms with Gasteiger partial charge in [-0.05, 0) is 72.6 Å². The van der Waals surface area contributed by atoms with Crippen LogP contribution in [0.2, 0.25) is 0 Å². The maximum Gasteiger partial charge on any atom is 0.0702 e. The summed E-state index contributed by atoms with van der Waals surface area (Å²) in [7, 11) is 0. The Morgan fingerprint density at radius 3 is 1.79 bits per heavy atom. The van der Waals surface area contributed by atoms with Crippen LogP contribution in [-0.4, -0.2) is 4.98 Å². The van der Waals surface area contributed by atoms with E-state index in [9.17, 15) is 0 Å². The zero-order valence-corrected chi connectivity index (χ0v) is 23.7. The van der Waals surface area contributed by atoms with E-state index in [1.54, 1.807) is 0 Å². The van der Waals surface area contributed by atoms with Crippen LogP contribution in [0.5, 0.6) is 0 Å². The molecule has 1 nitrogen and oxygen atoms in total. The number of pyridine rings is 1. The van der Waals surface area contributed by atoms with Gasteiger partial charge in [0.05, 0.1) is 5.69 Å². The summed E-state index contributed by atoms with van der Waals surface area (Å²) in [6.07, 6.45) is 12.2. The fourth-order valence-corrected chi connectivity index (χ4v) is 6.54. The van der Waals surface area contributed by atoms with Gasteiger partial charge in [-0.1, -0.05) is 152 Å². The van der Waals surface area contributed by atoms with Crippen molar-refractivity contribution in [2.75, 3.05) is 0 Å². The zero-order valence-electron chi connectivity index (χ0n) is 23.7. The molecule has 1 heterocycles. The Morgan fingerprint density at radius 1 is 0.419 bits per heavy atom. The molecule has 0 bridgehead atoms. The molecule has 7 aromatic rings. The molecule has 6 aromatic carbocycles. The molecule has 0 N–H and O–H groups in total. The van der Waals surface area contributed by atoms with Crippen LogP contribution < -0.4 is 0 Å². The van der Waals surface area contributed by atoms with Crippen molar-refractivity contribution in [3.05, 3.63) is 175 Å². The van der Waals surface area contributed by atoms with Crippen molar-refractivity contribution in [2.24, 2.45) is 0 Å². The molecule has 0 saturated carbocycles. The number of allylic oxidation sites excluding steroid dienone is 6. The Hall–Kier alpha value is -5.53. The van der Waals surface area contributed by atoms with Gasteiger partial charge in [-0.25, -0.2) is 0 Å². The predicted octanol–water partition coefficient (Wildman–Crippen LogP) is 11.3. The molecule has 202 valence electrons. The van der Waals surface area contributed by atoms with Gasteiger partial charge in [-0.15, -0.1) is 0 Å². The predicted molar refractivity (Wildman–Crippen MR) is 184 cm³/mol. The average molecular weight is 548 g/mol. The molecule has 43 heavy (non-hydrogen) atoms. The monoisotopic (exact) mass is 547 g/mol. The Labute approximate surface area is 251 Å². The first kappa shape index (κ1) is 25.2. The number of hydrogen-bond acceptors (Lipinski definition) is 1. The van der Waals surface area contributed by atoms with Gasteiger partial charge in [0.15, 0.2) is 0 Å². The number of benzene rings is 6. The second-order valence-electron chi connectivity index (χ2n) is 11.1. The molecule has 8 rings (SSSR count). The topological polar surface area (TPSA) is 12.9 Å². The summed E-state index contributed by atoms with van der Waals surface area (Å²) in [5.41, 5.74) is 9.51. The largest absolute Gasteiger partial charge is 0.256 e. The summed E-state index contributed by atoms with van der Waals surface area (Å²) in [6.45, 7) is 0. The molecule has 1 heteroatoms. The van der Waals surface area contributed by atoms with E-state index < -0.39 is 0 Å². The first-order chi connectivity index (χ1) is 21.3. The Balaban J connectivity index is 1.39. The van der Waals surface area contributed by atoms with Crippen LogP contribution in [0.15, 0.2) is 164 Å². The van der Waals surface area contributed by atoms with E-state index in [0.717, 1.165) is 23.2 Å². The van der Waals surface area contributed by atoms with E-state index in [0.29, 0.717) is 0 Å². The lowest BCUT2D eigenvalue weighted by atomic mass is 9.84. The summed E-state index contributed by atoms with van der Waals surface area (Å²) < 4.78 is 0. The lowest BCUT2D eigenvalue weighted by molar-refractivity contribution is 1.33. The van der Waals surface area contributed by atoms with Crippen LogP contribution in [-0.2, 0) is 0 Å². The summed E-state index contributed by atoms with van der Waals surface area (Å²) in [5, 5.41) is 7.53. The normalized spacial score (nSPS) is 13.2. The van der Waals surface area contributed by atoms with Gasteiger partial charge in [0, 0.05) is 17.3 Å². The maximum absolute atomic E-state index is 4.95. The van der Waals surface area contributed by atoms with E-state index in [1.165, 1.54) is 60.2 Å². The van der Waals surface area contributed by atoms with Crippen molar-refractivity contribution < 1.29 is 0 Å². The van der Waals surface area contributed by atoms with Gasteiger partial charge in [0.25, 0.3) is 0 Å². The SMILES string of the molecule is C1=CC(c2c3ccccc3c(-c3ccc(-c4ccccc4)nc3)c3c2ccc2ccccc23)=CCC=C1c1ccccc1. The minimum Gasteiger partial charge on any atom is -0.256 e. The third-order valence-electron chi connectivity index (χ3n) is 8.55. The van der Waals surface area contributed by atoms with E-state index >= 15 is 0 Å². The molecule has 0 aliphatic heterocycles. The summed E-state index contributed by atoms with van der Waals surface area (Å²) >= 11 is 0. The van der Waals surface area contributed by atoms with Crippen LogP contribution in [0.3, 0.4) is 0 Å². The van der Waals surface area contributed by atoms with Crippen LogP contribution in [0.4, 0.5) is 0 Å². The molecule has 0 amide bonds. The molecule has 1 aromatic heterocycles. The fourth-order valence-electron chi connectivity index (χ4n) is 6.54. The maximum atomic E-state index is 4.95. The number of aromatic nitrogens is 1. The quantitative estimate of drug-likeness (QED) is 0.158. The van der Waals surface area contributed by atoms with E-state index in [1.807, 2.05) is 12.3 Å². The lowest BCUT2D eigenvalue weighted by Gasteiger charge is -2.19. The van der Waals surface area contributed by atoms with Crippen LogP contribution in [0.1, 0.15) is 17.5 Å². The third-order valence-corrected chi connectivity index (χ3v) is 8.55. The molecule has 0 radical (unpaired) electrons. The Kier molecular flexibility index (Phi) is 6.27. The first-order valence-corrected chi connectivity index (χ1v) is 14.9. The highest BCUT2D eigenvalue weighted by atomic mass is 14.7. The van der Waals surface area contributed by atoms with Crippen molar-refractivity contribution in [1.29, 1.82) is 0 Å². The molecule has 0 spiro atoms. The smallest absolute Gasteiger partial charge is 0.0702 e. The minimum absolute atomic E-state index is 0.878. The van der Waals surface area contributed by atoms with Gasteiger partial charge in [-0.3, -0.25) is 4.98 Å². The molecule has 1 aliphatic rings. The highest BCUT2D eigenvalue weighted by molar-refractivity contribution is 6.26. The van der Waals surface area contributed by atoms with Gasteiger partial charge < -0.3 is 0 Å². The first-order valence-electron chi connectivity index (χ1n) is 14.9. The summed E-state index contributed by atoms with van der Waals surface area (Å²) in [6, 6.07) is 47.6. The van der Waals surface area contributed by atoms with Crippen molar-refractivity contribution in [2.45, 2.75) is 6.42 Å². The fraction of sp³-hybridized carbons (Fsp3) is 0.0238. The van der Waals surface area contributed by atoms with Crippen LogP contribution in [0.25, 0.3) is 65.8 Å². The minimum atomic E-state index is 0.878. The van der Waals surface area contributed by atoms with E-state index in [2.05, 4.69) is 152 Å². The summed E-state index contributed by atoms with van der Waals surface area (Å²) in [4.78, 5) is 4.95. The molecule has 0 fully saturated rings. The van der Waals surface area contributed by atoms with Crippen molar-refractivity contribution in [3.8, 4) is 22.4 Å². The standard InChI is InChI=1S/C42H29N/c1-3-12-29(13-4-1)30-17-11-18-33(23-22-30)40-36-20-9-10-21-37(36)41(42-35-19-8-7-14-31(35)24-26-38(40)42)34-25-27-39(43-28-34)32-15-5-2-6-16-32/h1-10,12-28H,11H2. The molecule has 0 unspecified atom stereocenters. The molecular weight excluding hydrogens is 518 g/mol. The van der Waals surface area contributed by atoms with E-state index in [-0.39, 0.29) is 0 Å². The summed E-state index contributed by atoms with van der Waals surface area (Å²) in [5.74, 6) is 0. The van der Waals surface area contributed by atoms with Crippen LogP contribution >= 0.6 is 0 Å². The number of hydrogen-bond donors (Lipinski definition) is 0. The lowest BCUT2D eigenvalue weighted by Crippen LogP contribution is -1.94. The second kappa shape index (κ2) is 10.7. The van der Waals surface area contributed by atoms with Crippen molar-refractivity contribution in [3.63, 3.8) is 0 Å². The van der Waals surface area contributed by atoms with Gasteiger partial charge in [-0.2, -0.15) is 0 Å².